The fraction of sp³-hybridized carbons (Fsp3) is 0.350. The van der Waals surface area contributed by atoms with E-state index in [1.54, 1.807) is 30.3 Å². The zero-order valence-electron chi connectivity index (χ0n) is 15.0. The van der Waals surface area contributed by atoms with Crippen LogP contribution in [0.1, 0.15) is 36.0 Å². The summed E-state index contributed by atoms with van der Waals surface area (Å²) in [5.41, 5.74) is 1.03. The number of rotatable bonds is 6. The van der Waals surface area contributed by atoms with Crippen LogP contribution in [0, 0.1) is 0 Å². The summed E-state index contributed by atoms with van der Waals surface area (Å²) in [6, 6.07) is 13.4. The van der Waals surface area contributed by atoms with Crippen molar-refractivity contribution in [2.75, 3.05) is 25.0 Å². The molecule has 1 fully saturated rings. The lowest BCUT2D eigenvalue weighted by molar-refractivity contribution is 0.101. The molecule has 0 atom stereocenters. The van der Waals surface area contributed by atoms with Crippen molar-refractivity contribution in [3.05, 3.63) is 59.1 Å². The highest BCUT2D eigenvalue weighted by Crippen LogP contribution is 2.22. The molecular weight excluding hydrogens is 384 g/mol. The number of carbonyl (C=O) groups is 1. The van der Waals surface area contributed by atoms with Gasteiger partial charge in [-0.2, -0.15) is 4.31 Å². The normalized spacial score (nSPS) is 15.9. The first-order valence-electron chi connectivity index (χ1n) is 9.10. The first-order valence-corrected chi connectivity index (χ1v) is 10.9. The number of sulfonamides is 1. The summed E-state index contributed by atoms with van der Waals surface area (Å²) in [5.74, 6) is -0.192. The van der Waals surface area contributed by atoms with Crippen molar-refractivity contribution >= 4 is 33.1 Å². The average molecular weight is 407 g/mol. The van der Waals surface area contributed by atoms with E-state index in [0.717, 1.165) is 25.7 Å². The smallest absolute Gasteiger partial charge is 0.243 e. The standard InChI is InChI=1S/C20H23ClN2O3S/c21-18-10-3-4-11-19(18)22-15-20(24)16-8-7-9-17(14-16)27(25,26)23-12-5-1-2-6-13-23/h3-4,7-11,14,22H,1-2,5-6,12-13,15H2. The zero-order valence-corrected chi connectivity index (χ0v) is 16.6. The number of nitrogens with zero attached hydrogens (tertiary/aromatic N) is 1. The van der Waals surface area contributed by atoms with Gasteiger partial charge in [-0.25, -0.2) is 8.42 Å². The highest BCUT2D eigenvalue weighted by atomic mass is 35.5. The molecule has 0 radical (unpaired) electrons. The van der Waals surface area contributed by atoms with Gasteiger partial charge in [0.2, 0.25) is 10.0 Å². The quantitative estimate of drug-likeness (QED) is 0.730. The molecule has 1 N–H and O–H groups in total. The molecule has 1 heterocycles. The number of para-hydroxylation sites is 1. The molecule has 0 bridgehead atoms. The van der Waals surface area contributed by atoms with E-state index in [0.29, 0.717) is 29.4 Å². The van der Waals surface area contributed by atoms with Crippen molar-refractivity contribution in [3.63, 3.8) is 0 Å². The predicted octanol–water partition coefficient (Wildman–Crippen LogP) is 4.20. The maximum atomic E-state index is 12.9. The molecule has 0 spiro atoms. The predicted molar refractivity (Wildman–Crippen MR) is 108 cm³/mol. The van der Waals surface area contributed by atoms with Crippen molar-refractivity contribution in [2.24, 2.45) is 0 Å². The Hall–Kier alpha value is -1.89. The van der Waals surface area contributed by atoms with Crippen molar-refractivity contribution in [2.45, 2.75) is 30.6 Å². The Morgan fingerprint density at radius 1 is 1.00 bits per heavy atom. The minimum absolute atomic E-state index is 0.0386. The second-order valence-electron chi connectivity index (χ2n) is 6.60. The molecular formula is C20H23ClN2O3S. The molecule has 0 saturated carbocycles. The van der Waals surface area contributed by atoms with Crippen LogP contribution in [0.4, 0.5) is 5.69 Å². The molecule has 0 unspecified atom stereocenters. The number of nitrogens with one attached hydrogen (secondary N) is 1. The number of Topliss-reactive ketones (excluding diaryl/α,β-unsaturated/α-hetero) is 1. The SMILES string of the molecule is O=C(CNc1ccccc1Cl)c1cccc(S(=O)(=O)N2CCCCCC2)c1. The van der Waals surface area contributed by atoms with Crippen LogP contribution in [-0.4, -0.2) is 38.1 Å². The summed E-state index contributed by atoms with van der Waals surface area (Å²) in [6.07, 6.45) is 3.86. The summed E-state index contributed by atoms with van der Waals surface area (Å²) in [5, 5.41) is 3.53. The fourth-order valence-corrected chi connectivity index (χ4v) is 4.91. The van der Waals surface area contributed by atoms with Gasteiger partial charge >= 0.3 is 0 Å². The molecule has 5 nitrogen and oxygen atoms in total. The zero-order chi connectivity index (χ0) is 19.3. The molecule has 27 heavy (non-hydrogen) atoms. The number of ketones is 1. The van der Waals surface area contributed by atoms with Crippen LogP contribution in [0.15, 0.2) is 53.4 Å². The lowest BCUT2D eigenvalue weighted by Crippen LogP contribution is -2.32. The Labute approximate surface area is 165 Å². The third-order valence-electron chi connectivity index (χ3n) is 4.67. The van der Waals surface area contributed by atoms with Gasteiger partial charge in [-0.05, 0) is 37.1 Å². The first kappa shape index (κ1) is 19.9. The van der Waals surface area contributed by atoms with Crippen LogP contribution in [0.25, 0.3) is 0 Å². The number of hydrogen-bond acceptors (Lipinski definition) is 4. The Morgan fingerprint density at radius 2 is 1.70 bits per heavy atom. The van der Waals surface area contributed by atoms with Gasteiger partial charge in [-0.15, -0.1) is 0 Å². The number of benzene rings is 2. The van der Waals surface area contributed by atoms with E-state index < -0.39 is 10.0 Å². The number of hydrogen-bond donors (Lipinski definition) is 1. The number of carbonyl (C=O) groups excluding carboxylic acids is 1. The van der Waals surface area contributed by atoms with Crippen LogP contribution in [0.2, 0.25) is 5.02 Å². The first-order chi connectivity index (χ1) is 13.0. The monoisotopic (exact) mass is 406 g/mol. The van der Waals surface area contributed by atoms with Gasteiger partial charge < -0.3 is 5.32 Å². The van der Waals surface area contributed by atoms with Crippen molar-refractivity contribution in [1.29, 1.82) is 0 Å². The molecule has 0 aliphatic carbocycles. The van der Waals surface area contributed by atoms with Gasteiger partial charge in [0.15, 0.2) is 5.78 Å². The maximum Gasteiger partial charge on any atom is 0.243 e. The third-order valence-corrected chi connectivity index (χ3v) is 6.90. The van der Waals surface area contributed by atoms with Gasteiger partial charge in [0.1, 0.15) is 0 Å². The minimum Gasteiger partial charge on any atom is -0.376 e. The van der Waals surface area contributed by atoms with Gasteiger partial charge in [-0.3, -0.25) is 4.79 Å². The van der Waals surface area contributed by atoms with E-state index in [2.05, 4.69) is 5.32 Å². The Bertz CT molecular complexity index is 907. The van der Waals surface area contributed by atoms with E-state index in [-0.39, 0.29) is 17.2 Å². The van der Waals surface area contributed by atoms with Crippen molar-refractivity contribution in [1.82, 2.24) is 4.31 Å². The molecule has 0 aromatic heterocycles. The Morgan fingerprint density at radius 3 is 2.41 bits per heavy atom. The lowest BCUT2D eigenvalue weighted by atomic mass is 10.1. The van der Waals surface area contributed by atoms with Gasteiger partial charge in [0.25, 0.3) is 0 Å². The molecule has 0 amide bonds. The third kappa shape index (κ3) is 4.89. The van der Waals surface area contributed by atoms with E-state index in [9.17, 15) is 13.2 Å². The van der Waals surface area contributed by atoms with Crippen molar-refractivity contribution < 1.29 is 13.2 Å². The molecule has 2 aromatic rings. The van der Waals surface area contributed by atoms with E-state index in [4.69, 9.17) is 11.6 Å². The fourth-order valence-electron chi connectivity index (χ4n) is 3.14. The van der Waals surface area contributed by atoms with Gasteiger partial charge in [0, 0.05) is 18.7 Å². The van der Waals surface area contributed by atoms with Gasteiger partial charge in [-0.1, -0.05) is 48.7 Å². The van der Waals surface area contributed by atoms with Crippen LogP contribution in [0.3, 0.4) is 0 Å². The van der Waals surface area contributed by atoms with E-state index in [1.165, 1.54) is 10.4 Å². The summed E-state index contributed by atoms with van der Waals surface area (Å²) >= 11 is 6.08. The number of anilines is 1. The lowest BCUT2D eigenvalue weighted by Gasteiger charge is -2.20. The molecule has 144 valence electrons. The summed E-state index contributed by atoms with van der Waals surface area (Å²) < 4.78 is 27.4. The Kier molecular flexibility index (Phi) is 6.52. The molecule has 1 aliphatic heterocycles. The second kappa shape index (κ2) is 8.87. The summed E-state index contributed by atoms with van der Waals surface area (Å²) in [4.78, 5) is 12.7. The summed E-state index contributed by atoms with van der Waals surface area (Å²) in [7, 11) is -3.58. The van der Waals surface area contributed by atoms with E-state index >= 15 is 0 Å². The molecule has 1 saturated heterocycles. The topological polar surface area (TPSA) is 66.5 Å². The average Bonchev–Trinajstić information content (AvgIpc) is 2.97. The van der Waals surface area contributed by atoms with Crippen LogP contribution < -0.4 is 5.32 Å². The molecule has 2 aromatic carbocycles. The van der Waals surface area contributed by atoms with Crippen LogP contribution in [0.5, 0.6) is 0 Å². The van der Waals surface area contributed by atoms with Gasteiger partial charge in [0.05, 0.1) is 22.2 Å². The minimum atomic E-state index is -3.58. The molecule has 7 heteroatoms. The van der Waals surface area contributed by atoms with Crippen LogP contribution in [-0.2, 0) is 10.0 Å². The van der Waals surface area contributed by atoms with Crippen molar-refractivity contribution in [3.8, 4) is 0 Å². The Balaban J connectivity index is 1.74. The molecule has 1 aliphatic rings. The second-order valence-corrected chi connectivity index (χ2v) is 8.95. The summed E-state index contributed by atoms with van der Waals surface area (Å²) in [6.45, 7) is 1.11. The highest BCUT2D eigenvalue weighted by molar-refractivity contribution is 7.89. The highest BCUT2D eigenvalue weighted by Gasteiger charge is 2.25. The number of halogens is 1. The van der Waals surface area contributed by atoms with Crippen LogP contribution >= 0.6 is 11.6 Å². The molecule has 3 rings (SSSR count). The maximum absolute atomic E-state index is 12.9. The largest absolute Gasteiger partial charge is 0.376 e. The van der Waals surface area contributed by atoms with E-state index in [1.807, 2.05) is 12.1 Å².